The van der Waals surface area contributed by atoms with Crippen LogP contribution in [0.5, 0.6) is 5.06 Å². The minimum absolute atomic E-state index is 0.288. The fraction of sp³-hybridized carbons (Fsp3) is 0.381. The van der Waals surface area contributed by atoms with Crippen LogP contribution in [0.4, 0.5) is 10.5 Å². The number of hydrogen-bond acceptors (Lipinski definition) is 6. The first kappa shape index (κ1) is 21.0. The number of likely N-dealkylation sites (N-methyl/N-ethyl adjacent to an activating group) is 1. The Morgan fingerprint density at radius 2 is 1.86 bits per heavy atom. The van der Waals surface area contributed by atoms with Crippen molar-refractivity contribution in [2.75, 3.05) is 25.5 Å². The van der Waals surface area contributed by atoms with E-state index in [1.165, 1.54) is 17.2 Å². The van der Waals surface area contributed by atoms with Crippen LogP contribution in [0.25, 0.3) is 0 Å². The SMILES string of the molecule is CN1CCc2ccc(NC(=O)C(C)(C)NC(=O)Oc3ccc(C=O)s3)cc2CC1. The fourth-order valence-corrected chi connectivity index (χ4v) is 3.75. The van der Waals surface area contributed by atoms with Gasteiger partial charge in [0.15, 0.2) is 11.3 Å². The summed E-state index contributed by atoms with van der Waals surface area (Å²) in [5, 5.41) is 5.74. The minimum atomic E-state index is -1.19. The van der Waals surface area contributed by atoms with Gasteiger partial charge in [0.1, 0.15) is 5.54 Å². The molecular weight excluding hydrogens is 390 g/mol. The molecule has 0 bridgehead atoms. The largest absolute Gasteiger partial charge is 0.414 e. The molecule has 2 heterocycles. The zero-order chi connectivity index (χ0) is 21.0. The van der Waals surface area contributed by atoms with E-state index >= 15 is 0 Å². The lowest BCUT2D eigenvalue weighted by molar-refractivity contribution is -0.121. The van der Waals surface area contributed by atoms with Crippen molar-refractivity contribution in [3.8, 4) is 5.06 Å². The first-order valence-electron chi connectivity index (χ1n) is 9.43. The maximum atomic E-state index is 12.7. The van der Waals surface area contributed by atoms with Crippen LogP contribution in [0.15, 0.2) is 30.3 Å². The molecule has 0 aliphatic carbocycles. The molecular formula is C21H25N3O4S. The molecule has 0 unspecified atom stereocenters. The molecule has 2 amide bonds. The summed E-state index contributed by atoms with van der Waals surface area (Å²) in [6.45, 7) is 5.22. The van der Waals surface area contributed by atoms with Gasteiger partial charge in [0, 0.05) is 18.8 Å². The van der Waals surface area contributed by atoms with Crippen LogP contribution in [0.2, 0.25) is 0 Å². The number of fused-ring (bicyclic) bond motifs is 1. The lowest BCUT2D eigenvalue weighted by Gasteiger charge is -2.24. The minimum Gasteiger partial charge on any atom is -0.399 e. The zero-order valence-electron chi connectivity index (χ0n) is 16.8. The highest BCUT2D eigenvalue weighted by Gasteiger charge is 2.30. The fourth-order valence-electron chi connectivity index (χ4n) is 3.08. The molecule has 0 radical (unpaired) electrons. The normalized spacial score (nSPS) is 14.4. The van der Waals surface area contributed by atoms with E-state index in [4.69, 9.17) is 4.74 Å². The van der Waals surface area contributed by atoms with E-state index in [9.17, 15) is 14.4 Å². The quantitative estimate of drug-likeness (QED) is 0.733. The average Bonchev–Trinajstić information content (AvgIpc) is 3.03. The van der Waals surface area contributed by atoms with Gasteiger partial charge in [0.25, 0.3) is 0 Å². The van der Waals surface area contributed by atoms with E-state index in [1.54, 1.807) is 19.9 Å². The first-order valence-corrected chi connectivity index (χ1v) is 10.3. The molecule has 0 fully saturated rings. The summed E-state index contributed by atoms with van der Waals surface area (Å²) < 4.78 is 5.16. The van der Waals surface area contributed by atoms with Crippen LogP contribution in [-0.4, -0.2) is 48.9 Å². The number of aldehydes is 1. The van der Waals surface area contributed by atoms with Crippen molar-refractivity contribution in [1.29, 1.82) is 0 Å². The van der Waals surface area contributed by atoms with Crippen molar-refractivity contribution in [3.05, 3.63) is 46.3 Å². The first-order chi connectivity index (χ1) is 13.8. The Bertz CT molecular complexity index is 922. The van der Waals surface area contributed by atoms with Crippen molar-refractivity contribution in [1.82, 2.24) is 10.2 Å². The monoisotopic (exact) mass is 415 g/mol. The highest BCUT2D eigenvalue weighted by Crippen LogP contribution is 2.24. The van der Waals surface area contributed by atoms with Gasteiger partial charge in [-0.05, 0) is 69.1 Å². The van der Waals surface area contributed by atoms with Crippen LogP contribution in [-0.2, 0) is 17.6 Å². The molecule has 0 saturated carbocycles. The van der Waals surface area contributed by atoms with Crippen LogP contribution in [0, 0.1) is 0 Å². The smallest absolute Gasteiger partial charge is 0.399 e. The van der Waals surface area contributed by atoms with Gasteiger partial charge < -0.3 is 20.3 Å². The third kappa shape index (κ3) is 5.42. The highest BCUT2D eigenvalue weighted by molar-refractivity contribution is 7.15. The zero-order valence-corrected chi connectivity index (χ0v) is 17.6. The average molecular weight is 416 g/mol. The standard InChI is InChI=1S/C21H25N3O4S/c1-21(2,23-20(27)28-18-7-6-17(13-25)29-18)19(26)22-16-5-4-14-8-10-24(3)11-9-15(14)12-16/h4-7,12-13H,8-11H2,1-3H3,(H,22,26)(H,23,27). The molecule has 8 heteroatoms. The third-order valence-corrected chi connectivity index (χ3v) is 5.77. The molecule has 0 atom stereocenters. The summed E-state index contributed by atoms with van der Waals surface area (Å²) in [5.41, 5.74) is 2.06. The number of ether oxygens (including phenoxy) is 1. The summed E-state index contributed by atoms with van der Waals surface area (Å²) in [5.74, 6) is -0.347. The number of nitrogens with one attached hydrogen (secondary N) is 2. The maximum Gasteiger partial charge on any atom is 0.414 e. The topological polar surface area (TPSA) is 87.7 Å². The summed E-state index contributed by atoms with van der Waals surface area (Å²) in [7, 11) is 2.11. The molecule has 0 spiro atoms. The molecule has 0 saturated heterocycles. The molecule has 1 aliphatic heterocycles. The Kier molecular flexibility index (Phi) is 6.34. The second-order valence-corrected chi connectivity index (χ2v) is 8.73. The van der Waals surface area contributed by atoms with Crippen molar-refractivity contribution < 1.29 is 19.1 Å². The molecule has 29 heavy (non-hydrogen) atoms. The number of carbonyl (C=O) groups excluding carboxylic acids is 3. The van der Waals surface area contributed by atoms with Crippen molar-refractivity contribution in [2.45, 2.75) is 32.2 Å². The Labute approximate surface area is 174 Å². The molecule has 7 nitrogen and oxygen atoms in total. The van der Waals surface area contributed by atoms with Crippen LogP contribution in [0.3, 0.4) is 0 Å². The molecule has 1 aromatic heterocycles. The molecule has 1 aromatic carbocycles. The summed E-state index contributed by atoms with van der Waals surface area (Å²) >= 11 is 1.06. The molecule has 154 valence electrons. The summed E-state index contributed by atoms with van der Waals surface area (Å²) in [6, 6.07) is 9.05. The van der Waals surface area contributed by atoms with Gasteiger partial charge in [0.2, 0.25) is 5.91 Å². The second kappa shape index (κ2) is 8.75. The number of carbonyl (C=O) groups is 3. The van der Waals surface area contributed by atoms with Crippen LogP contribution in [0.1, 0.15) is 34.6 Å². The van der Waals surface area contributed by atoms with Gasteiger partial charge in [0.05, 0.1) is 4.88 Å². The number of benzene rings is 1. The molecule has 2 aromatic rings. The third-order valence-electron chi connectivity index (χ3n) is 4.88. The van der Waals surface area contributed by atoms with E-state index in [0.29, 0.717) is 16.9 Å². The molecule has 2 N–H and O–H groups in total. The number of nitrogens with zero attached hydrogens (tertiary/aromatic N) is 1. The van der Waals surface area contributed by atoms with Crippen LogP contribution >= 0.6 is 11.3 Å². The Balaban J connectivity index is 1.61. The molecule has 1 aliphatic rings. The Morgan fingerprint density at radius 1 is 1.14 bits per heavy atom. The van der Waals surface area contributed by atoms with Crippen molar-refractivity contribution in [3.63, 3.8) is 0 Å². The summed E-state index contributed by atoms with van der Waals surface area (Å²) in [4.78, 5) is 38.3. The predicted molar refractivity (Wildman–Crippen MR) is 113 cm³/mol. The van der Waals surface area contributed by atoms with E-state index in [2.05, 4.69) is 28.6 Å². The van der Waals surface area contributed by atoms with Gasteiger partial charge in [-0.25, -0.2) is 4.79 Å². The number of rotatable bonds is 5. The van der Waals surface area contributed by atoms with Crippen molar-refractivity contribution in [2.24, 2.45) is 0 Å². The Morgan fingerprint density at radius 3 is 2.55 bits per heavy atom. The van der Waals surface area contributed by atoms with E-state index in [0.717, 1.165) is 37.3 Å². The summed E-state index contributed by atoms with van der Waals surface area (Å²) in [6.07, 6.45) is 1.86. The van der Waals surface area contributed by atoms with Gasteiger partial charge in [-0.15, -0.1) is 0 Å². The number of anilines is 1. The van der Waals surface area contributed by atoms with Gasteiger partial charge in [-0.3, -0.25) is 9.59 Å². The van der Waals surface area contributed by atoms with E-state index < -0.39 is 11.6 Å². The van der Waals surface area contributed by atoms with E-state index in [1.807, 2.05) is 12.1 Å². The predicted octanol–water partition coefficient (Wildman–Crippen LogP) is 3.10. The van der Waals surface area contributed by atoms with Gasteiger partial charge >= 0.3 is 6.09 Å². The number of amides is 2. The van der Waals surface area contributed by atoms with Gasteiger partial charge in [-0.1, -0.05) is 17.4 Å². The van der Waals surface area contributed by atoms with Crippen molar-refractivity contribution >= 4 is 35.3 Å². The van der Waals surface area contributed by atoms with Crippen LogP contribution < -0.4 is 15.4 Å². The molecule has 3 rings (SSSR count). The highest BCUT2D eigenvalue weighted by atomic mass is 32.1. The second-order valence-electron chi connectivity index (χ2n) is 7.66. The number of thiophene rings is 1. The van der Waals surface area contributed by atoms with E-state index in [-0.39, 0.29) is 11.0 Å². The lowest BCUT2D eigenvalue weighted by Crippen LogP contribution is -2.53. The lowest BCUT2D eigenvalue weighted by atomic mass is 10.0. The van der Waals surface area contributed by atoms with Gasteiger partial charge in [-0.2, -0.15) is 0 Å². The number of hydrogen-bond donors (Lipinski definition) is 2. The Hall–Kier alpha value is -2.71. The maximum absolute atomic E-state index is 12.7.